The van der Waals surface area contributed by atoms with Crippen molar-refractivity contribution in [1.82, 2.24) is 0 Å². The van der Waals surface area contributed by atoms with Crippen LogP contribution < -0.4 is 0 Å². The molecule has 0 heterocycles. The second-order valence-electron chi connectivity index (χ2n) is 2.11. The molecule has 0 aliphatic carbocycles. The summed E-state index contributed by atoms with van der Waals surface area (Å²) in [7, 11) is 0. The molecule has 0 radical (unpaired) electrons. The monoisotopic (exact) mass is 166 g/mol. The highest BCUT2D eigenvalue weighted by Gasteiger charge is 1.85. The number of ether oxygens (including phenoxy) is 1. The van der Waals surface area contributed by atoms with E-state index in [4.69, 9.17) is 9.84 Å². The van der Waals surface area contributed by atoms with E-state index in [1.165, 1.54) is 0 Å². The maximum atomic E-state index is 11.4. The summed E-state index contributed by atoms with van der Waals surface area (Å²) >= 11 is 0. The van der Waals surface area contributed by atoms with Gasteiger partial charge in [0, 0.05) is 6.61 Å². The topological polar surface area (TPSA) is 29.5 Å². The molecule has 0 spiro atoms. The van der Waals surface area contributed by atoms with Gasteiger partial charge in [-0.25, -0.2) is 4.39 Å². The third-order valence-electron chi connectivity index (χ3n) is 1.00. The number of halogens is 1. The molecular weight excluding hydrogens is 147 g/mol. The zero-order valence-electron chi connectivity index (χ0n) is 7.64. The number of hydrogen-bond donors (Lipinski definition) is 1. The molecule has 0 fully saturated rings. The van der Waals surface area contributed by atoms with E-state index in [0.29, 0.717) is 19.6 Å². The van der Waals surface area contributed by atoms with Crippen molar-refractivity contribution >= 4 is 0 Å². The molecule has 0 saturated carbocycles. The number of hydrogen-bond acceptors (Lipinski definition) is 2. The molecule has 0 rings (SSSR count). The molecule has 11 heavy (non-hydrogen) atoms. The van der Waals surface area contributed by atoms with Crippen LogP contribution in [0.15, 0.2) is 0 Å². The van der Waals surface area contributed by atoms with Gasteiger partial charge in [-0.15, -0.1) is 0 Å². The number of aliphatic hydroxyl groups excluding tert-OH is 1. The van der Waals surface area contributed by atoms with Crippen molar-refractivity contribution in [2.24, 2.45) is 0 Å². The molecule has 0 aliphatic rings. The normalized spacial score (nSPS) is 11.7. The average molecular weight is 166 g/mol. The van der Waals surface area contributed by atoms with Crippen LogP contribution in [0.3, 0.4) is 0 Å². The Kier molecular flexibility index (Phi) is 15.3. The number of aliphatic hydroxyl groups is 1. The summed E-state index contributed by atoms with van der Waals surface area (Å²) in [5, 5.41) is 8.07. The minimum Gasteiger partial charge on any atom is -0.394 e. The van der Waals surface area contributed by atoms with Crippen LogP contribution in [0.4, 0.5) is 4.39 Å². The Labute approximate surface area is 68.4 Å². The molecule has 70 valence electrons. The van der Waals surface area contributed by atoms with Gasteiger partial charge in [0.25, 0.3) is 0 Å². The fourth-order valence-corrected chi connectivity index (χ4v) is 0.209. The van der Waals surface area contributed by atoms with Crippen LogP contribution >= 0.6 is 0 Å². The first kappa shape index (κ1) is 13.4. The predicted molar refractivity (Wildman–Crippen MR) is 44.4 cm³/mol. The molecule has 0 aromatic rings. The molecule has 0 aromatic heterocycles. The summed E-state index contributed by atoms with van der Waals surface area (Å²) in [5.41, 5.74) is 0. The van der Waals surface area contributed by atoms with E-state index >= 15 is 0 Å². The molecule has 0 aliphatic heterocycles. The highest BCUT2D eigenvalue weighted by molar-refractivity contribution is 4.35. The minimum atomic E-state index is -0.616. The lowest BCUT2D eigenvalue weighted by molar-refractivity contribution is 0.102. The van der Waals surface area contributed by atoms with E-state index in [-0.39, 0.29) is 6.61 Å². The average Bonchev–Trinajstić information content (AvgIpc) is 2.02. The van der Waals surface area contributed by atoms with Crippen molar-refractivity contribution in [3.8, 4) is 0 Å². The summed E-state index contributed by atoms with van der Waals surface area (Å²) in [5.74, 6) is 0. The van der Waals surface area contributed by atoms with Crippen LogP contribution in [0.5, 0.6) is 0 Å². The Bertz CT molecular complexity index is 54.1. The van der Waals surface area contributed by atoms with E-state index in [1.807, 2.05) is 13.8 Å². The fraction of sp³-hybridized carbons (Fsp3) is 1.00. The summed E-state index contributed by atoms with van der Waals surface area (Å²) in [6, 6.07) is 0. The highest BCUT2D eigenvalue weighted by atomic mass is 19.1. The van der Waals surface area contributed by atoms with Crippen LogP contribution in [0, 0.1) is 0 Å². The Hall–Kier alpha value is -0.150. The van der Waals surface area contributed by atoms with Gasteiger partial charge in [0.1, 0.15) is 0 Å². The molecule has 0 bridgehead atoms. The van der Waals surface area contributed by atoms with Gasteiger partial charge < -0.3 is 9.84 Å². The van der Waals surface area contributed by atoms with Crippen molar-refractivity contribution in [2.45, 2.75) is 33.4 Å². The summed E-state index contributed by atoms with van der Waals surface area (Å²) in [4.78, 5) is 0. The first-order valence-electron chi connectivity index (χ1n) is 4.01. The van der Waals surface area contributed by atoms with Gasteiger partial charge in [0.2, 0.25) is 0 Å². The zero-order chi connectivity index (χ0) is 9.11. The molecule has 0 aromatic carbocycles. The predicted octanol–water partition coefficient (Wildman–Crippen LogP) is 1.77. The Morgan fingerprint density at radius 2 is 1.91 bits per heavy atom. The van der Waals surface area contributed by atoms with E-state index in [2.05, 4.69) is 0 Å². The molecule has 2 nitrogen and oxygen atoms in total. The van der Waals surface area contributed by atoms with Gasteiger partial charge in [-0.1, -0.05) is 6.92 Å². The lowest BCUT2D eigenvalue weighted by Gasteiger charge is -1.91. The van der Waals surface area contributed by atoms with Gasteiger partial charge in [-0.3, -0.25) is 0 Å². The Balaban J connectivity index is 0. The molecule has 0 saturated heterocycles. The second-order valence-corrected chi connectivity index (χ2v) is 2.11. The van der Waals surface area contributed by atoms with Gasteiger partial charge in [0.05, 0.1) is 19.4 Å². The van der Waals surface area contributed by atoms with E-state index in [1.54, 1.807) is 6.92 Å². The highest BCUT2D eigenvalue weighted by Crippen LogP contribution is 1.90. The summed E-state index contributed by atoms with van der Waals surface area (Å²) in [6.07, 6.45) is 0.0231. The minimum absolute atomic E-state index is 0.133. The van der Waals surface area contributed by atoms with Crippen LogP contribution in [0.1, 0.15) is 27.2 Å². The molecule has 0 amide bonds. The lowest BCUT2D eigenvalue weighted by atomic mass is 10.4. The smallest absolute Gasteiger partial charge is 0.0971 e. The van der Waals surface area contributed by atoms with Gasteiger partial charge in [-0.05, 0) is 20.3 Å². The summed E-state index contributed by atoms with van der Waals surface area (Å²) < 4.78 is 16.2. The fourth-order valence-electron chi connectivity index (χ4n) is 0.209. The lowest BCUT2D eigenvalue weighted by Crippen LogP contribution is -1.96. The van der Waals surface area contributed by atoms with Crippen molar-refractivity contribution in [3.63, 3.8) is 0 Å². The Morgan fingerprint density at radius 1 is 1.45 bits per heavy atom. The maximum Gasteiger partial charge on any atom is 0.0971 e. The standard InChI is InChI=1S/C4H9F.C4H10O2/c1-3-4(2)5;1-2-6-4-3-5/h4H,3H2,1-2H3;5H,2-4H2,1H3. The van der Waals surface area contributed by atoms with Crippen molar-refractivity contribution in [3.05, 3.63) is 0 Å². The summed E-state index contributed by atoms with van der Waals surface area (Å²) in [6.45, 7) is 6.57. The third kappa shape index (κ3) is 25.8. The van der Waals surface area contributed by atoms with Crippen LogP contribution in [-0.4, -0.2) is 31.1 Å². The maximum absolute atomic E-state index is 11.4. The molecular formula is C8H19FO2. The van der Waals surface area contributed by atoms with Gasteiger partial charge in [-0.2, -0.15) is 0 Å². The van der Waals surface area contributed by atoms with E-state index in [9.17, 15) is 4.39 Å². The van der Waals surface area contributed by atoms with E-state index in [0.717, 1.165) is 0 Å². The molecule has 3 heteroatoms. The SMILES string of the molecule is CCC(C)F.CCOCCO. The van der Waals surface area contributed by atoms with Gasteiger partial charge in [0.15, 0.2) is 0 Å². The van der Waals surface area contributed by atoms with Crippen LogP contribution in [0.25, 0.3) is 0 Å². The number of alkyl halides is 1. The first-order valence-corrected chi connectivity index (χ1v) is 4.01. The Morgan fingerprint density at radius 3 is 2.00 bits per heavy atom. The second kappa shape index (κ2) is 12.5. The van der Waals surface area contributed by atoms with Crippen molar-refractivity contribution in [1.29, 1.82) is 0 Å². The van der Waals surface area contributed by atoms with Crippen molar-refractivity contribution in [2.75, 3.05) is 19.8 Å². The molecule has 1 unspecified atom stereocenters. The first-order chi connectivity index (χ1) is 5.18. The van der Waals surface area contributed by atoms with Crippen LogP contribution in [0.2, 0.25) is 0 Å². The largest absolute Gasteiger partial charge is 0.394 e. The molecule has 1 atom stereocenters. The van der Waals surface area contributed by atoms with Gasteiger partial charge >= 0.3 is 0 Å². The van der Waals surface area contributed by atoms with Crippen molar-refractivity contribution < 1.29 is 14.2 Å². The zero-order valence-corrected chi connectivity index (χ0v) is 7.64. The quantitative estimate of drug-likeness (QED) is 0.645. The third-order valence-corrected chi connectivity index (χ3v) is 1.00. The number of rotatable bonds is 4. The van der Waals surface area contributed by atoms with E-state index < -0.39 is 6.17 Å². The van der Waals surface area contributed by atoms with Crippen LogP contribution in [-0.2, 0) is 4.74 Å². The molecule has 1 N–H and O–H groups in total.